The zero-order chi connectivity index (χ0) is 38.9. The molecule has 0 aromatic heterocycles. The molecule has 0 aromatic carbocycles. The fourth-order valence-corrected chi connectivity index (χ4v) is 2.46. The van der Waals surface area contributed by atoms with Crippen LogP contribution in [-0.2, 0) is 19.2 Å². The highest BCUT2D eigenvalue weighted by Gasteiger charge is 2.31. The highest BCUT2D eigenvalue weighted by atomic mass is 16.4. The molecule has 0 unspecified atom stereocenters. The average molecular weight is 721 g/mol. The first-order chi connectivity index (χ1) is 22.2. The van der Waals surface area contributed by atoms with Gasteiger partial charge in [-0.05, 0) is 0 Å². The summed E-state index contributed by atoms with van der Waals surface area (Å²) in [7, 11) is 0. The lowest BCUT2D eigenvalue weighted by Crippen LogP contribution is -2.46. The summed E-state index contributed by atoms with van der Waals surface area (Å²) < 4.78 is 0. The number of aliphatic hydroxyl groups excluding tert-OH is 20. The van der Waals surface area contributed by atoms with Gasteiger partial charge >= 0.3 is 0 Å². The van der Waals surface area contributed by atoms with Crippen molar-refractivity contribution in [1.29, 1.82) is 0 Å². The van der Waals surface area contributed by atoms with E-state index in [2.05, 4.69) is 0 Å². The number of aldehydes is 3. The number of aliphatic hydroxyl groups is 20. The molecule has 0 rings (SSSR count). The molecule has 0 heterocycles. The van der Waals surface area contributed by atoms with Gasteiger partial charge in [-0.2, -0.15) is 0 Å². The van der Waals surface area contributed by atoms with E-state index in [-0.39, 0.29) is 18.9 Å². The van der Waals surface area contributed by atoms with Crippen molar-refractivity contribution >= 4 is 24.6 Å². The van der Waals surface area contributed by atoms with Crippen LogP contribution in [0.25, 0.3) is 0 Å². The molecule has 0 amide bonds. The topological polar surface area (TPSA) is 473 Å². The number of Topliss-reactive ketones (excluding diaryl/α,β-unsaturated/α-hetero) is 1. The molecule has 288 valence electrons. The van der Waals surface area contributed by atoms with E-state index in [1.165, 1.54) is 0 Å². The van der Waals surface area contributed by atoms with Crippen LogP contribution in [0.4, 0.5) is 0 Å². The summed E-state index contributed by atoms with van der Waals surface area (Å²) in [4.78, 5) is 40.2. The molecule has 0 saturated heterocycles. The third-order valence-electron chi connectivity index (χ3n) is 5.65. The summed E-state index contributed by atoms with van der Waals surface area (Å²) >= 11 is 0. The Morgan fingerprint density at radius 1 is 0.375 bits per heavy atom. The maximum Gasteiger partial charge on any atom is 0.189 e. The number of rotatable bonds is 20. The lowest BCUT2D eigenvalue weighted by atomic mass is 10.0. The van der Waals surface area contributed by atoms with Crippen LogP contribution < -0.4 is 0 Å². The lowest BCUT2D eigenvalue weighted by molar-refractivity contribution is -0.142. The Morgan fingerprint density at radius 3 is 0.750 bits per heavy atom. The van der Waals surface area contributed by atoms with E-state index < -0.39 is 130 Å². The van der Waals surface area contributed by atoms with Gasteiger partial charge in [0.2, 0.25) is 0 Å². The van der Waals surface area contributed by atoms with Crippen LogP contribution in [0.2, 0.25) is 0 Å². The van der Waals surface area contributed by atoms with Crippen LogP contribution in [0.1, 0.15) is 0 Å². The van der Waals surface area contributed by atoms with Crippen molar-refractivity contribution in [2.75, 3.05) is 33.0 Å². The van der Waals surface area contributed by atoms with Gasteiger partial charge in [-0.3, -0.25) is 4.79 Å². The van der Waals surface area contributed by atoms with Crippen LogP contribution in [0.15, 0.2) is 0 Å². The van der Waals surface area contributed by atoms with E-state index in [0.717, 1.165) is 0 Å². The molecular weight excluding hydrogens is 672 g/mol. The smallest absolute Gasteiger partial charge is 0.189 e. The van der Waals surface area contributed by atoms with E-state index in [1.807, 2.05) is 0 Å². The van der Waals surface area contributed by atoms with E-state index in [9.17, 15) is 19.2 Å². The molecular formula is C24H48O24. The summed E-state index contributed by atoms with van der Waals surface area (Å²) in [6.45, 7) is -3.97. The zero-order valence-corrected chi connectivity index (χ0v) is 25.0. The van der Waals surface area contributed by atoms with Gasteiger partial charge in [-0.15, -0.1) is 0 Å². The predicted octanol–water partition coefficient (Wildman–Crippen LogP) is -13.5. The first-order valence-corrected chi connectivity index (χ1v) is 13.3. The number of hydrogen-bond acceptors (Lipinski definition) is 24. The van der Waals surface area contributed by atoms with E-state index >= 15 is 0 Å². The highest BCUT2D eigenvalue weighted by Crippen LogP contribution is 2.05. The van der Waals surface area contributed by atoms with Gasteiger partial charge in [0.1, 0.15) is 98.2 Å². The minimum atomic E-state index is -1.86. The third kappa shape index (κ3) is 21.1. The summed E-state index contributed by atoms with van der Waals surface area (Å²) in [6.07, 6.45) is -25.7. The minimum absolute atomic E-state index is 0.0258. The summed E-state index contributed by atoms with van der Waals surface area (Å²) in [5, 5.41) is 174. The van der Waals surface area contributed by atoms with Crippen molar-refractivity contribution in [3.63, 3.8) is 0 Å². The van der Waals surface area contributed by atoms with Gasteiger partial charge in [0.25, 0.3) is 0 Å². The molecule has 24 heteroatoms. The van der Waals surface area contributed by atoms with Gasteiger partial charge in [0.05, 0.1) is 26.4 Å². The SMILES string of the molecule is O=C(CO)[C@@H](O)[C@H](O)[C@H](O)CO.O=C[C@@H](O)[C@@H](O)[C@H](O)[C@H](O)CO.O=C[C@H](O)[C@@H](O)[C@@H](O)[C@H](O)CO.O=C[C@H](O)[C@@H](O)[C@H](O)[C@H](O)CO. The Kier molecular flexibility index (Phi) is 32.7. The Balaban J connectivity index is -0.000000269. The maximum absolute atomic E-state index is 10.5. The average Bonchev–Trinajstić information content (AvgIpc) is 3.12. The number of carbonyl (C=O) groups excluding carboxylic acids is 4. The highest BCUT2D eigenvalue weighted by molar-refractivity contribution is 5.84. The van der Waals surface area contributed by atoms with Crippen LogP contribution in [0.5, 0.6) is 0 Å². The molecule has 0 saturated carbocycles. The molecule has 48 heavy (non-hydrogen) atoms. The third-order valence-corrected chi connectivity index (χ3v) is 5.65. The fraction of sp³-hybridized carbons (Fsp3) is 0.833. The van der Waals surface area contributed by atoms with Gasteiger partial charge < -0.3 is 117 Å². The molecule has 0 aliphatic heterocycles. The van der Waals surface area contributed by atoms with Gasteiger partial charge in [0.15, 0.2) is 24.6 Å². The summed E-state index contributed by atoms with van der Waals surface area (Å²) in [5.74, 6) is -1.00. The Bertz CT molecular complexity index is 745. The van der Waals surface area contributed by atoms with Gasteiger partial charge in [-0.1, -0.05) is 0 Å². The maximum atomic E-state index is 10.5. The van der Waals surface area contributed by atoms with E-state index in [4.69, 9.17) is 102 Å². The fourth-order valence-electron chi connectivity index (χ4n) is 2.46. The second-order valence-electron chi connectivity index (χ2n) is 9.38. The minimum Gasteiger partial charge on any atom is -0.394 e. The van der Waals surface area contributed by atoms with E-state index in [0.29, 0.717) is 0 Å². The standard InChI is InChI=1S/4C6H12O6/c4*7-1-3(9)5(11)6(12)4(10)2-8/h3,5-9,11-12H,1-2H2;3*1,3-6,8-12H,2H2/t3-,5-,6-;3-,4+,5+,6+;3-,4+,5+,6-;3-,4-,5-,6-/m1001/s1. The second kappa shape index (κ2) is 29.8. The van der Waals surface area contributed by atoms with Gasteiger partial charge in [0, 0.05) is 0 Å². The monoisotopic (exact) mass is 720 g/mol. The van der Waals surface area contributed by atoms with Crippen molar-refractivity contribution in [3.8, 4) is 0 Å². The number of carbonyl (C=O) groups is 4. The zero-order valence-electron chi connectivity index (χ0n) is 25.0. The number of hydrogen-bond donors (Lipinski definition) is 20. The predicted molar refractivity (Wildman–Crippen MR) is 149 cm³/mol. The summed E-state index contributed by atoms with van der Waals surface area (Å²) in [6, 6.07) is 0. The van der Waals surface area contributed by atoms with Crippen molar-refractivity contribution < 1.29 is 121 Å². The van der Waals surface area contributed by atoms with Gasteiger partial charge in [-0.25, -0.2) is 0 Å². The first kappa shape index (κ1) is 52.7. The normalized spacial score (nSPS) is 20.4. The van der Waals surface area contributed by atoms with Crippen LogP contribution >= 0.6 is 0 Å². The molecule has 24 nitrogen and oxygen atoms in total. The lowest BCUT2D eigenvalue weighted by Gasteiger charge is -2.22. The van der Waals surface area contributed by atoms with Crippen LogP contribution in [0, 0.1) is 0 Å². The molecule has 20 N–H and O–H groups in total. The first-order valence-electron chi connectivity index (χ1n) is 13.3. The van der Waals surface area contributed by atoms with E-state index in [1.54, 1.807) is 0 Å². The summed E-state index contributed by atoms with van der Waals surface area (Å²) in [5.41, 5.74) is 0. The van der Waals surface area contributed by atoms with Crippen molar-refractivity contribution in [2.24, 2.45) is 0 Å². The van der Waals surface area contributed by atoms with Crippen molar-refractivity contribution in [1.82, 2.24) is 0 Å². The van der Waals surface area contributed by atoms with Crippen LogP contribution in [0.3, 0.4) is 0 Å². The van der Waals surface area contributed by atoms with Crippen LogP contribution in [-0.4, -0.2) is 251 Å². The molecule has 0 radical (unpaired) electrons. The molecule has 0 aromatic rings. The molecule has 0 aliphatic carbocycles. The molecule has 0 bridgehead atoms. The number of ketones is 1. The molecule has 0 aliphatic rings. The Hall–Kier alpha value is -2.12. The van der Waals surface area contributed by atoms with Crippen molar-refractivity contribution in [3.05, 3.63) is 0 Å². The molecule has 0 spiro atoms. The second-order valence-corrected chi connectivity index (χ2v) is 9.38. The molecule has 0 fully saturated rings. The van der Waals surface area contributed by atoms with Crippen molar-refractivity contribution in [2.45, 2.75) is 91.6 Å². The largest absolute Gasteiger partial charge is 0.394 e. The Labute approximate surface area is 271 Å². The molecule has 15 atom stereocenters. The Morgan fingerprint density at radius 2 is 0.583 bits per heavy atom. The quantitative estimate of drug-likeness (QED) is 0.0519.